The lowest BCUT2D eigenvalue weighted by Crippen LogP contribution is -2.21. The summed E-state index contributed by atoms with van der Waals surface area (Å²) in [5.41, 5.74) is 1.04. The summed E-state index contributed by atoms with van der Waals surface area (Å²) in [5.74, 6) is -0.175. The molecule has 5 heteroatoms. The van der Waals surface area contributed by atoms with Crippen molar-refractivity contribution >= 4 is 27.5 Å². The molecule has 0 amide bonds. The van der Waals surface area contributed by atoms with Gasteiger partial charge in [0.2, 0.25) is 0 Å². The lowest BCUT2D eigenvalue weighted by molar-refractivity contribution is -0.140. The SMILES string of the molecule is COC(=O)CCN(C)Cc1nc2ccccc2s1. The second-order valence-corrected chi connectivity index (χ2v) is 5.25. The summed E-state index contributed by atoms with van der Waals surface area (Å²) in [7, 11) is 3.39. The minimum atomic E-state index is -0.175. The molecule has 0 aliphatic carbocycles. The minimum absolute atomic E-state index is 0.175. The number of rotatable bonds is 5. The molecule has 4 nitrogen and oxygen atoms in total. The highest BCUT2D eigenvalue weighted by Crippen LogP contribution is 2.22. The van der Waals surface area contributed by atoms with Crippen LogP contribution in [-0.4, -0.2) is 36.6 Å². The number of hydrogen-bond acceptors (Lipinski definition) is 5. The minimum Gasteiger partial charge on any atom is -0.469 e. The van der Waals surface area contributed by atoms with E-state index in [1.54, 1.807) is 11.3 Å². The van der Waals surface area contributed by atoms with Gasteiger partial charge in [-0.3, -0.25) is 9.69 Å². The van der Waals surface area contributed by atoms with E-state index in [1.165, 1.54) is 11.8 Å². The lowest BCUT2D eigenvalue weighted by Gasteiger charge is -2.13. The van der Waals surface area contributed by atoms with Crippen molar-refractivity contribution in [3.63, 3.8) is 0 Å². The maximum atomic E-state index is 11.0. The van der Waals surface area contributed by atoms with E-state index in [0.29, 0.717) is 13.0 Å². The molecular formula is C13H16N2O2S. The number of ether oxygens (including phenoxy) is 1. The predicted octanol–water partition coefficient (Wildman–Crippen LogP) is 2.29. The van der Waals surface area contributed by atoms with E-state index < -0.39 is 0 Å². The first kappa shape index (κ1) is 13.0. The fourth-order valence-corrected chi connectivity index (χ4v) is 2.73. The van der Waals surface area contributed by atoms with Crippen LogP contribution in [0.25, 0.3) is 10.2 Å². The number of para-hydroxylation sites is 1. The van der Waals surface area contributed by atoms with Crippen LogP contribution >= 0.6 is 11.3 Å². The van der Waals surface area contributed by atoms with Crippen LogP contribution in [0, 0.1) is 0 Å². The fourth-order valence-electron chi connectivity index (χ4n) is 1.68. The van der Waals surface area contributed by atoms with Gasteiger partial charge in [-0.1, -0.05) is 12.1 Å². The van der Waals surface area contributed by atoms with Crippen molar-refractivity contribution in [1.82, 2.24) is 9.88 Å². The summed E-state index contributed by atoms with van der Waals surface area (Å²) in [6.07, 6.45) is 0.415. The molecule has 2 rings (SSSR count). The smallest absolute Gasteiger partial charge is 0.306 e. The highest BCUT2D eigenvalue weighted by molar-refractivity contribution is 7.18. The summed E-state index contributed by atoms with van der Waals surface area (Å²) in [4.78, 5) is 17.7. The summed E-state index contributed by atoms with van der Waals surface area (Å²) < 4.78 is 5.82. The maximum absolute atomic E-state index is 11.0. The number of hydrogen-bond donors (Lipinski definition) is 0. The normalized spacial score (nSPS) is 11.1. The van der Waals surface area contributed by atoms with E-state index in [9.17, 15) is 4.79 Å². The molecule has 0 aliphatic heterocycles. The average Bonchev–Trinajstić information content (AvgIpc) is 2.77. The third-order valence-corrected chi connectivity index (χ3v) is 3.69. The topological polar surface area (TPSA) is 42.4 Å². The number of aromatic nitrogens is 1. The Kier molecular flexibility index (Phi) is 4.28. The van der Waals surface area contributed by atoms with Crippen LogP contribution in [0.4, 0.5) is 0 Å². The number of methoxy groups -OCH3 is 1. The first-order valence-electron chi connectivity index (χ1n) is 5.79. The van der Waals surface area contributed by atoms with Gasteiger partial charge in [0, 0.05) is 6.54 Å². The lowest BCUT2D eigenvalue weighted by atomic mass is 10.3. The van der Waals surface area contributed by atoms with Gasteiger partial charge in [-0.2, -0.15) is 0 Å². The number of benzene rings is 1. The zero-order valence-electron chi connectivity index (χ0n) is 10.5. The predicted molar refractivity (Wildman–Crippen MR) is 72.6 cm³/mol. The summed E-state index contributed by atoms with van der Waals surface area (Å²) in [6, 6.07) is 8.10. The molecule has 0 unspecified atom stereocenters. The quantitative estimate of drug-likeness (QED) is 0.777. The second kappa shape index (κ2) is 5.93. The Morgan fingerprint density at radius 1 is 1.44 bits per heavy atom. The van der Waals surface area contributed by atoms with E-state index in [-0.39, 0.29) is 5.97 Å². The summed E-state index contributed by atoms with van der Waals surface area (Å²) in [6.45, 7) is 1.44. The zero-order valence-corrected chi connectivity index (χ0v) is 11.4. The zero-order chi connectivity index (χ0) is 13.0. The second-order valence-electron chi connectivity index (χ2n) is 4.14. The molecule has 0 radical (unpaired) electrons. The van der Waals surface area contributed by atoms with Crippen LogP contribution < -0.4 is 0 Å². The molecule has 1 aromatic heterocycles. The Labute approximate surface area is 110 Å². The molecule has 1 heterocycles. The van der Waals surface area contributed by atoms with Crippen LogP contribution in [0.2, 0.25) is 0 Å². The molecule has 18 heavy (non-hydrogen) atoms. The van der Waals surface area contributed by atoms with Crippen molar-refractivity contribution in [2.45, 2.75) is 13.0 Å². The number of esters is 1. The molecule has 0 fully saturated rings. The average molecular weight is 264 g/mol. The van der Waals surface area contributed by atoms with Crippen molar-refractivity contribution in [3.05, 3.63) is 29.3 Å². The first-order valence-corrected chi connectivity index (χ1v) is 6.60. The Morgan fingerprint density at radius 2 is 2.22 bits per heavy atom. The van der Waals surface area contributed by atoms with Crippen LogP contribution in [0.15, 0.2) is 24.3 Å². The van der Waals surface area contributed by atoms with E-state index in [1.807, 2.05) is 25.2 Å². The van der Waals surface area contributed by atoms with Gasteiger partial charge in [-0.15, -0.1) is 11.3 Å². The summed E-state index contributed by atoms with van der Waals surface area (Å²) >= 11 is 1.70. The maximum Gasteiger partial charge on any atom is 0.306 e. The van der Waals surface area contributed by atoms with Crippen molar-refractivity contribution in [1.29, 1.82) is 0 Å². The van der Waals surface area contributed by atoms with Crippen molar-refractivity contribution in [3.8, 4) is 0 Å². The number of fused-ring (bicyclic) bond motifs is 1. The highest BCUT2D eigenvalue weighted by atomic mass is 32.1. The van der Waals surface area contributed by atoms with Crippen LogP contribution in [0.3, 0.4) is 0 Å². The molecule has 0 saturated heterocycles. The fraction of sp³-hybridized carbons (Fsp3) is 0.385. The van der Waals surface area contributed by atoms with Crippen LogP contribution in [-0.2, 0) is 16.1 Å². The van der Waals surface area contributed by atoms with Gasteiger partial charge in [0.25, 0.3) is 0 Å². The van der Waals surface area contributed by atoms with Gasteiger partial charge in [-0.05, 0) is 19.2 Å². The molecule has 0 bridgehead atoms. The largest absolute Gasteiger partial charge is 0.469 e. The molecule has 1 aromatic carbocycles. The number of carbonyl (C=O) groups is 1. The molecule has 96 valence electrons. The van der Waals surface area contributed by atoms with E-state index >= 15 is 0 Å². The molecule has 0 saturated carbocycles. The molecule has 2 aromatic rings. The standard InChI is InChI=1S/C13H16N2O2S/c1-15(8-7-13(16)17-2)9-12-14-10-5-3-4-6-11(10)18-12/h3-6H,7-9H2,1-2H3. The van der Waals surface area contributed by atoms with Gasteiger partial charge in [0.15, 0.2) is 0 Å². The Bertz CT molecular complexity index is 506. The number of nitrogens with zero attached hydrogens (tertiary/aromatic N) is 2. The number of thiazole rings is 1. The van der Waals surface area contributed by atoms with Crippen LogP contribution in [0.5, 0.6) is 0 Å². The van der Waals surface area contributed by atoms with Crippen molar-refractivity contribution in [2.24, 2.45) is 0 Å². The molecular weight excluding hydrogens is 248 g/mol. The van der Waals surface area contributed by atoms with Gasteiger partial charge >= 0.3 is 5.97 Å². The molecule has 0 N–H and O–H groups in total. The monoisotopic (exact) mass is 264 g/mol. The third-order valence-electron chi connectivity index (χ3n) is 2.67. The Hall–Kier alpha value is -1.46. The van der Waals surface area contributed by atoms with Gasteiger partial charge in [-0.25, -0.2) is 4.98 Å². The Balaban J connectivity index is 1.94. The van der Waals surface area contributed by atoms with E-state index in [4.69, 9.17) is 0 Å². The van der Waals surface area contributed by atoms with Crippen molar-refractivity contribution < 1.29 is 9.53 Å². The van der Waals surface area contributed by atoms with Gasteiger partial charge in [0.1, 0.15) is 5.01 Å². The third kappa shape index (κ3) is 3.27. The molecule has 0 atom stereocenters. The molecule has 0 aliphatic rings. The van der Waals surface area contributed by atoms with E-state index in [2.05, 4.69) is 20.7 Å². The molecule has 0 spiro atoms. The highest BCUT2D eigenvalue weighted by Gasteiger charge is 2.08. The van der Waals surface area contributed by atoms with Gasteiger partial charge < -0.3 is 4.74 Å². The Morgan fingerprint density at radius 3 is 2.94 bits per heavy atom. The number of carbonyl (C=O) groups excluding carboxylic acids is 1. The summed E-state index contributed by atoms with van der Waals surface area (Å²) in [5, 5.41) is 1.07. The first-order chi connectivity index (χ1) is 8.69. The van der Waals surface area contributed by atoms with E-state index in [0.717, 1.165) is 17.1 Å². The van der Waals surface area contributed by atoms with Crippen LogP contribution in [0.1, 0.15) is 11.4 Å². The van der Waals surface area contributed by atoms with Gasteiger partial charge in [0.05, 0.1) is 30.3 Å². The van der Waals surface area contributed by atoms with Crippen molar-refractivity contribution in [2.75, 3.05) is 20.7 Å².